The SMILES string of the molecule is COc1ccc(-c2c(C#N)cc(N3CCC(N)CC3)nc2-c2ccc(C#N)c(F)c2)cc1F. The number of methoxy groups -OCH3 is 1. The number of benzene rings is 2. The maximum atomic E-state index is 14.5. The molecule has 0 unspecified atom stereocenters. The van der Waals surface area contributed by atoms with Crippen LogP contribution in [0.25, 0.3) is 22.4 Å². The standard InChI is InChI=1S/C25H21F2N5O/c1-33-22-5-4-15(10-21(22)27)24-18(14-29)12-23(32-8-6-19(30)7-9-32)31-25(24)16-2-3-17(13-28)20(26)11-16/h2-5,10-12,19H,6-9,30H2,1H3. The van der Waals surface area contributed by atoms with Crippen molar-refractivity contribution in [3.05, 3.63) is 65.2 Å². The van der Waals surface area contributed by atoms with Crippen LogP contribution in [0.5, 0.6) is 5.75 Å². The quantitative estimate of drug-likeness (QED) is 0.640. The molecule has 4 rings (SSSR count). The molecule has 2 N–H and O–H groups in total. The van der Waals surface area contributed by atoms with Crippen molar-refractivity contribution in [3.8, 4) is 40.3 Å². The summed E-state index contributed by atoms with van der Waals surface area (Å²) in [5, 5.41) is 19.1. The van der Waals surface area contributed by atoms with Crippen LogP contribution in [0.1, 0.15) is 24.0 Å². The van der Waals surface area contributed by atoms with Crippen molar-refractivity contribution in [2.24, 2.45) is 5.73 Å². The summed E-state index contributed by atoms with van der Waals surface area (Å²) in [6.07, 6.45) is 1.58. The Balaban J connectivity index is 1.94. The molecule has 1 aliphatic heterocycles. The fourth-order valence-corrected chi connectivity index (χ4v) is 3.99. The Morgan fingerprint density at radius 3 is 2.24 bits per heavy atom. The van der Waals surface area contributed by atoms with Gasteiger partial charge in [-0.2, -0.15) is 10.5 Å². The molecule has 1 saturated heterocycles. The molecular weight excluding hydrogens is 424 g/mol. The third-order valence-electron chi connectivity index (χ3n) is 5.79. The zero-order valence-corrected chi connectivity index (χ0v) is 18.0. The second kappa shape index (κ2) is 9.23. The number of nitriles is 2. The minimum atomic E-state index is -0.698. The number of aromatic nitrogens is 1. The van der Waals surface area contributed by atoms with E-state index in [1.165, 1.54) is 31.4 Å². The van der Waals surface area contributed by atoms with E-state index in [2.05, 4.69) is 6.07 Å². The molecule has 1 aliphatic rings. The van der Waals surface area contributed by atoms with E-state index in [9.17, 15) is 14.0 Å². The van der Waals surface area contributed by atoms with Crippen LogP contribution in [0.2, 0.25) is 0 Å². The second-order valence-corrected chi connectivity index (χ2v) is 7.84. The Morgan fingerprint density at radius 2 is 1.64 bits per heavy atom. The maximum Gasteiger partial charge on any atom is 0.165 e. The van der Waals surface area contributed by atoms with Gasteiger partial charge in [0, 0.05) is 30.3 Å². The molecule has 0 spiro atoms. The molecule has 1 aromatic heterocycles. The van der Waals surface area contributed by atoms with E-state index in [1.54, 1.807) is 24.3 Å². The lowest BCUT2D eigenvalue weighted by Crippen LogP contribution is -2.40. The highest BCUT2D eigenvalue weighted by molar-refractivity contribution is 5.87. The van der Waals surface area contributed by atoms with Gasteiger partial charge in [-0.05, 0) is 48.7 Å². The monoisotopic (exact) mass is 445 g/mol. The summed E-state index contributed by atoms with van der Waals surface area (Å²) in [6.45, 7) is 1.35. The van der Waals surface area contributed by atoms with E-state index < -0.39 is 11.6 Å². The molecule has 8 heteroatoms. The molecule has 0 aliphatic carbocycles. The summed E-state index contributed by atoms with van der Waals surface area (Å²) in [7, 11) is 1.37. The van der Waals surface area contributed by atoms with E-state index in [-0.39, 0.29) is 22.9 Å². The first kappa shape index (κ1) is 22.2. The molecule has 0 bridgehead atoms. The number of nitrogens with zero attached hydrogens (tertiary/aromatic N) is 4. The molecule has 33 heavy (non-hydrogen) atoms. The highest BCUT2D eigenvalue weighted by Crippen LogP contribution is 2.38. The number of hydrogen-bond acceptors (Lipinski definition) is 6. The van der Waals surface area contributed by atoms with Crippen LogP contribution in [0, 0.1) is 34.3 Å². The molecule has 6 nitrogen and oxygen atoms in total. The van der Waals surface area contributed by atoms with Gasteiger partial charge >= 0.3 is 0 Å². The highest BCUT2D eigenvalue weighted by Gasteiger charge is 2.23. The molecule has 1 fully saturated rings. The van der Waals surface area contributed by atoms with Crippen molar-refractivity contribution in [1.29, 1.82) is 10.5 Å². The Morgan fingerprint density at radius 1 is 0.970 bits per heavy atom. The predicted octanol–water partition coefficient (Wildman–Crippen LogP) is 4.37. The first-order valence-corrected chi connectivity index (χ1v) is 10.4. The number of piperidine rings is 1. The van der Waals surface area contributed by atoms with E-state index >= 15 is 0 Å². The van der Waals surface area contributed by atoms with Gasteiger partial charge < -0.3 is 15.4 Å². The number of rotatable bonds is 4. The lowest BCUT2D eigenvalue weighted by molar-refractivity contribution is 0.386. The molecule has 0 amide bonds. The molecule has 0 saturated carbocycles. The second-order valence-electron chi connectivity index (χ2n) is 7.84. The third kappa shape index (κ3) is 4.34. The number of nitrogens with two attached hydrogens (primary N) is 1. The van der Waals surface area contributed by atoms with E-state index in [0.717, 1.165) is 12.8 Å². The number of halogens is 2. The van der Waals surface area contributed by atoms with Gasteiger partial charge in [0.15, 0.2) is 11.6 Å². The minimum Gasteiger partial charge on any atom is -0.494 e. The average Bonchev–Trinajstić information content (AvgIpc) is 2.83. The Bertz CT molecular complexity index is 1290. The molecule has 0 atom stereocenters. The number of anilines is 1. The van der Waals surface area contributed by atoms with Gasteiger partial charge in [0.1, 0.15) is 17.7 Å². The molecule has 2 aromatic carbocycles. The fraction of sp³-hybridized carbons (Fsp3) is 0.240. The lowest BCUT2D eigenvalue weighted by atomic mass is 9.94. The first-order valence-electron chi connectivity index (χ1n) is 10.4. The number of pyridine rings is 1. The number of ether oxygens (including phenoxy) is 1. The lowest BCUT2D eigenvalue weighted by Gasteiger charge is -2.31. The Labute approximate surface area is 190 Å². The smallest absolute Gasteiger partial charge is 0.165 e. The number of hydrogen-bond donors (Lipinski definition) is 1. The summed E-state index contributed by atoms with van der Waals surface area (Å²) in [4.78, 5) is 6.81. The van der Waals surface area contributed by atoms with Gasteiger partial charge in [-0.25, -0.2) is 13.8 Å². The summed E-state index contributed by atoms with van der Waals surface area (Å²) in [6, 6.07) is 14.3. The summed E-state index contributed by atoms with van der Waals surface area (Å²) in [5.74, 6) is -0.658. The molecule has 166 valence electrons. The van der Waals surface area contributed by atoms with Crippen LogP contribution in [0.3, 0.4) is 0 Å². The average molecular weight is 445 g/mol. The van der Waals surface area contributed by atoms with Gasteiger partial charge in [-0.3, -0.25) is 0 Å². The summed E-state index contributed by atoms with van der Waals surface area (Å²) in [5.41, 5.74) is 7.69. The Hall–Kier alpha value is -4.01. The summed E-state index contributed by atoms with van der Waals surface area (Å²) < 4.78 is 34.0. The van der Waals surface area contributed by atoms with Gasteiger partial charge in [0.2, 0.25) is 0 Å². The first-order chi connectivity index (χ1) is 15.9. The van der Waals surface area contributed by atoms with Crippen LogP contribution in [0.4, 0.5) is 14.6 Å². The van der Waals surface area contributed by atoms with Gasteiger partial charge in [0.05, 0.1) is 30.0 Å². The van der Waals surface area contributed by atoms with Crippen LogP contribution in [-0.4, -0.2) is 31.2 Å². The highest BCUT2D eigenvalue weighted by atomic mass is 19.1. The van der Waals surface area contributed by atoms with Crippen molar-refractivity contribution in [3.63, 3.8) is 0 Å². The van der Waals surface area contributed by atoms with Crippen LogP contribution in [0.15, 0.2) is 42.5 Å². The molecular formula is C25H21F2N5O. The fourth-order valence-electron chi connectivity index (χ4n) is 3.99. The van der Waals surface area contributed by atoms with Crippen molar-refractivity contribution in [2.45, 2.75) is 18.9 Å². The molecule has 0 radical (unpaired) electrons. The van der Waals surface area contributed by atoms with Crippen molar-refractivity contribution in [2.75, 3.05) is 25.1 Å². The van der Waals surface area contributed by atoms with E-state index in [4.69, 9.17) is 20.7 Å². The zero-order chi connectivity index (χ0) is 23.5. The van der Waals surface area contributed by atoms with Crippen molar-refractivity contribution < 1.29 is 13.5 Å². The zero-order valence-electron chi connectivity index (χ0n) is 18.0. The van der Waals surface area contributed by atoms with E-state index in [1.807, 2.05) is 4.90 Å². The van der Waals surface area contributed by atoms with Gasteiger partial charge in [-0.15, -0.1) is 0 Å². The van der Waals surface area contributed by atoms with Crippen LogP contribution >= 0.6 is 0 Å². The van der Waals surface area contributed by atoms with Crippen LogP contribution < -0.4 is 15.4 Å². The largest absolute Gasteiger partial charge is 0.494 e. The Kier molecular flexibility index (Phi) is 6.21. The van der Waals surface area contributed by atoms with Gasteiger partial charge in [0.25, 0.3) is 0 Å². The summed E-state index contributed by atoms with van der Waals surface area (Å²) >= 11 is 0. The van der Waals surface area contributed by atoms with Crippen molar-refractivity contribution in [1.82, 2.24) is 4.98 Å². The maximum absolute atomic E-state index is 14.5. The van der Waals surface area contributed by atoms with Crippen LogP contribution in [-0.2, 0) is 0 Å². The molecule has 3 aromatic rings. The topological polar surface area (TPSA) is 99.0 Å². The third-order valence-corrected chi connectivity index (χ3v) is 5.79. The molecule has 2 heterocycles. The minimum absolute atomic E-state index is 0.0671. The van der Waals surface area contributed by atoms with Gasteiger partial charge in [-0.1, -0.05) is 12.1 Å². The van der Waals surface area contributed by atoms with E-state index in [0.29, 0.717) is 41.3 Å². The van der Waals surface area contributed by atoms with Crippen molar-refractivity contribution >= 4 is 5.82 Å². The predicted molar refractivity (Wildman–Crippen MR) is 120 cm³/mol. The normalized spacial score (nSPS) is 13.9.